The number of ether oxygens (including phenoxy) is 2. The topological polar surface area (TPSA) is 59.6 Å². The van der Waals surface area contributed by atoms with Crippen LogP contribution in [-0.4, -0.2) is 31.2 Å². The number of thiocarbonyl (C=S) groups is 1. The lowest BCUT2D eigenvalue weighted by atomic mass is 9.80. The Morgan fingerprint density at radius 2 is 1.79 bits per heavy atom. The molecule has 0 radical (unpaired) electrons. The number of hydrogen-bond acceptors (Lipinski definition) is 4. The second-order valence-corrected chi connectivity index (χ2v) is 8.04. The Morgan fingerprint density at radius 1 is 1.14 bits per heavy atom. The number of anilines is 1. The summed E-state index contributed by atoms with van der Waals surface area (Å²) in [5.74, 6) is 0.671. The molecule has 2 atom stereocenters. The summed E-state index contributed by atoms with van der Waals surface area (Å²) >= 11 is 8.90. The molecule has 29 heavy (non-hydrogen) atoms. The summed E-state index contributed by atoms with van der Waals surface area (Å²) in [4.78, 5) is 13.2. The molecule has 0 bridgehead atoms. The molecule has 2 aromatic rings. The highest BCUT2D eigenvalue weighted by Gasteiger charge is 2.34. The first-order chi connectivity index (χ1) is 13.9. The van der Waals surface area contributed by atoms with Crippen LogP contribution in [0.1, 0.15) is 30.7 Å². The Hall–Kier alpha value is -2.19. The van der Waals surface area contributed by atoms with Crippen LogP contribution in [0.4, 0.5) is 10.1 Å². The van der Waals surface area contributed by atoms with Crippen molar-refractivity contribution in [2.24, 2.45) is 0 Å². The fourth-order valence-corrected chi connectivity index (χ4v) is 4.36. The highest BCUT2D eigenvalue weighted by molar-refractivity contribution is 9.10. The molecule has 2 unspecified atom stereocenters. The first kappa shape index (κ1) is 21.5. The second kappa shape index (κ2) is 9.54. The molecule has 1 fully saturated rings. The zero-order chi connectivity index (χ0) is 21.0. The largest absolute Gasteiger partial charge is 0.493 e. The molecular formula is C21H22BrFN2O3S. The average molecular weight is 481 g/mol. The van der Waals surface area contributed by atoms with Gasteiger partial charge in [0.05, 0.1) is 20.3 Å². The molecule has 3 rings (SSSR count). The van der Waals surface area contributed by atoms with E-state index in [4.69, 9.17) is 21.7 Å². The van der Waals surface area contributed by atoms with Crippen LogP contribution >= 0.6 is 28.1 Å². The third-order valence-corrected chi connectivity index (χ3v) is 5.86. The van der Waals surface area contributed by atoms with Crippen LogP contribution in [0.25, 0.3) is 0 Å². The lowest BCUT2D eigenvalue weighted by Crippen LogP contribution is -2.46. The molecule has 0 spiro atoms. The molecule has 1 aliphatic carbocycles. The van der Waals surface area contributed by atoms with Crippen molar-refractivity contribution in [3.05, 3.63) is 52.3 Å². The molecule has 2 aromatic carbocycles. The number of carbonyl (C=O) groups is 1. The number of hydrogen-bond donors (Lipinski definition) is 2. The Bertz CT molecular complexity index is 908. The summed E-state index contributed by atoms with van der Waals surface area (Å²) in [7, 11) is 3.15. The average Bonchev–Trinajstić information content (AvgIpc) is 2.71. The van der Waals surface area contributed by atoms with Gasteiger partial charge in [0.15, 0.2) is 22.4 Å². The highest BCUT2D eigenvalue weighted by Crippen LogP contribution is 2.40. The van der Waals surface area contributed by atoms with E-state index in [1.807, 2.05) is 12.1 Å². The first-order valence-corrected chi connectivity index (χ1v) is 10.4. The number of carbonyl (C=O) groups excluding carboxylic acids is 1. The van der Waals surface area contributed by atoms with E-state index in [1.165, 1.54) is 12.1 Å². The molecule has 0 saturated heterocycles. The van der Waals surface area contributed by atoms with Gasteiger partial charge < -0.3 is 20.1 Å². The molecule has 154 valence electrons. The van der Waals surface area contributed by atoms with E-state index in [0.29, 0.717) is 28.7 Å². The van der Waals surface area contributed by atoms with Crippen LogP contribution < -0.4 is 20.1 Å². The van der Waals surface area contributed by atoms with Gasteiger partial charge in [0.2, 0.25) is 0 Å². The van der Waals surface area contributed by atoms with Crippen LogP contribution in [0.15, 0.2) is 40.9 Å². The Labute approximate surface area is 183 Å². The number of benzene rings is 2. The monoisotopic (exact) mass is 480 g/mol. The summed E-state index contributed by atoms with van der Waals surface area (Å²) < 4.78 is 24.6. The lowest BCUT2D eigenvalue weighted by molar-refractivity contribution is -0.123. The van der Waals surface area contributed by atoms with Gasteiger partial charge in [-0.1, -0.05) is 15.9 Å². The summed E-state index contributed by atoms with van der Waals surface area (Å²) in [6.07, 6.45) is 2.34. The van der Waals surface area contributed by atoms with Crippen LogP contribution in [0.3, 0.4) is 0 Å². The van der Waals surface area contributed by atoms with E-state index in [-0.39, 0.29) is 17.5 Å². The van der Waals surface area contributed by atoms with E-state index >= 15 is 0 Å². The van der Waals surface area contributed by atoms with E-state index in [0.717, 1.165) is 22.9 Å². The zero-order valence-electron chi connectivity index (χ0n) is 16.1. The molecule has 5 nitrogen and oxygen atoms in total. The summed E-state index contributed by atoms with van der Waals surface area (Å²) in [6.45, 7) is 0. The van der Waals surface area contributed by atoms with E-state index in [2.05, 4.69) is 26.6 Å². The van der Waals surface area contributed by atoms with Crippen molar-refractivity contribution in [1.29, 1.82) is 0 Å². The molecule has 0 heterocycles. The van der Waals surface area contributed by atoms with Gasteiger partial charge in [-0.3, -0.25) is 4.79 Å². The SMILES string of the molecule is COc1cc(Br)c(C2CCCC(NC(=S)Nc3ccc(F)cc3)C2=O)cc1OC. The fourth-order valence-electron chi connectivity index (χ4n) is 3.50. The molecule has 0 aliphatic heterocycles. The van der Waals surface area contributed by atoms with Gasteiger partial charge in [0.1, 0.15) is 5.82 Å². The number of halogens is 2. The van der Waals surface area contributed by atoms with Gasteiger partial charge in [0, 0.05) is 16.1 Å². The van der Waals surface area contributed by atoms with Gasteiger partial charge in [-0.2, -0.15) is 0 Å². The van der Waals surface area contributed by atoms with Gasteiger partial charge in [-0.25, -0.2) is 4.39 Å². The molecule has 2 N–H and O–H groups in total. The van der Waals surface area contributed by atoms with E-state index in [1.54, 1.807) is 26.4 Å². The quantitative estimate of drug-likeness (QED) is 0.599. The van der Waals surface area contributed by atoms with Crippen molar-refractivity contribution in [2.75, 3.05) is 19.5 Å². The van der Waals surface area contributed by atoms with Crippen molar-refractivity contribution < 1.29 is 18.7 Å². The third-order valence-electron chi connectivity index (χ3n) is 4.96. The maximum atomic E-state index is 13.2. The molecule has 1 aliphatic rings. The normalized spacial score (nSPS) is 18.8. The van der Waals surface area contributed by atoms with Crippen molar-refractivity contribution >= 4 is 44.7 Å². The smallest absolute Gasteiger partial charge is 0.171 e. The minimum atomic E-state index is -0.394. The minimum absolute atomic E-state index is 0.0763. The van der Waals surface area contributed by atoms with Crippen molar-refractivity contribution in [3.63, 3.8) is 0 Å². The molecule has 1 saturated carbocycles. The number of nitrogens with one attached hydrogen (secondary N) is 2. The summed E-state index contributed by atoms with van der Waals surface area (Å²) in [6, 6.07) is 9.16. The summed E-state index contributed by atoms with van der Waals surface area (Å²) in [5.41, 5.74) is 1.53. The molecule has 0 amide bonds. The van der Waals surface area contributed by atoms with Gasteiger partial charge in [-0.15, -0.1) is 0 Å². The van der Waals surface area contributed by atoms with Crippen molar-refractivity contribution in [1.82, 2.24) is 5.32 Å². The maximum Gasteiger partial charge on any atom is 0.171 e. The summed E-state index contributed by atoms with van der Waals surface area (Å²) in [5, 5.41) is 6.43. The molecule has 0 aromatic heterocycles. The maximum absolute atomic E-state index is 13.2. The van der Waals surface area contributed by atoms with Crippen LogP contribution in [-0.2, 0) is 4.79 Å². The van der Waals surface area contributed by atoms with E-state index < -0.39 is 6.04 Å². The number of ketones is 1. The minimum Gasteiger partial charge on any atom is -0.493 e. The van der Waals surface area contributed by atoms with Crippen LogP contribution in [0, 0.1) is 5.82 Å². The zero-order valence-corrected chi connectivity index (χ0v) is 18.5. The van der Waals surface area contributed by atoms with Crippen molar-refractivity contribution in [3.8, 4) is 11.5 Å². The predicted molar refractivity (Wildman–Crippen MR) is 118 cm³/mol. The van der Waals surface area contributed by atoms with Crippen LogP contribution in [0.5, 0.6) is 11.5 Å². The Balaban J connectivity index is 1.73. The van der Waals surface area contributed by atoms with Gasteiger partial charge in [0.25, 0.3) is 0 Å². The second-order valence-electron chi connectivity index (χ2n) is 6.77. The van der Waals surface area contributed by atoms with Crippen molar-refractivity contribution in [2.45, 2.75) is 31.2 Å². The molecular weight excluding hydrogens is 459 g/mol. The first-order valence-electron chi connectivity index (χ1n) is 9.21. The standard InChI is InChI=1S/C21H22BrFN2O3S/c1-27-18-10-15(16(22)11-19(18)28-2)14-4-3-5-17(20(14)26)25-21(29)24-13-8-6-12(23)7-9-13/h6-11,14,17H,3-5H2,1-2H3,(H2,24,25,29). The predicted octanol–water partition coefficient (Wildman–Crippen LogP) is 4.80. The number of rotatable bonds is 5. The lowest BCUT2D eigenvalue weighted by Gasteiger charge is -2.30. The van der Waals surface area contributed by atoms with Gasteiger partial charge in [-0.05, 0) is 73.4 Å². The third kappa shape index (κ3) is 5.05. The van der Waals surface area contributed by atoms with Gasteiger partial charge >= 0.3 is 0 Å². The Kier molecular flexibility index (Phi) is 7.08. The number of methoxy groups -OCH3 is 2. The highest BCUT2D eigenvalue weighted by atomic mass is 79.9. The van der Waals surface area contributed by atoms with Crippen LogP contribution in [0.2, 0.25) is 0 Å². The molecule has 8 heteroatoms. The Morgan fingerprint density at radius 3 is 2.45 bits per heavy atom. The number of Topliss-reactive ketones (excluding diaryl/α,β-unsaturated/α-hetero) is 1. The van der Waals surface area contributed by atoms with E-state index in [9.17, 15) is 9.18 Å². The fraction of sp³-hybridized carbons (Fsp3) is 0.333.